The first-order valence-electron chi connectivity index (χ1n) is 9.16. The van der Waals surface area contributed by atoms with Gasteiger partial charge >= 0.3 is 5.69 Å². The molecule has 4 rings (SSSR count). The number of nitrogens with zero attached hydrogens (tertiary/aromatic N) is 1. The molecule has 0 saturated carbocycles. The number of fused-ring (bicyclic) bond motifs is 1. The second-order valence-corrected chi connectivity index (χ2v) is 8.43. The molecule has 31 heavy (non-hydrogen) atoms. The summed E-state index contributed by atoms with van der Waals surface area (Å²) in [5.41, 5.74) is -0.318. The molecule has 10 heteroatoms. The van der Waals surface area contributed by atoms with Crippen LogP contribution in [-0.4, -0.2) is 22.5 Å². The number of halogens is 2. The molecule has 0 aliphatic rings. The van der Waals surface area contributed by atoms with Crippen LogP contribution < -0.4 is 21.9 Å². The van der Waals surface area contributed by atoms with Crippen LogP contribution in [0.15, 0.2) is 58.1 Å². The van der Waals surface area contributed by atoms with Crippen LogP contribution in [0.25, 0.3) is 16.6 Å². The molecule has 2 aromatic heterocycles. The fourth-order valence-electron chi connectivity index (χ4n) is 3.14. The molecule has 1 amide bonds. The fourth-order valence-corrected chi connectivity index (χ4v) is 4.17. The van der Waals surface area contributed by atoms with Gasteiger partial charge in [-0.3, -0.25) is 9.59 Å². The van der Waals surface area contributed by atoms with E-state index in [1.807, 2.05) is 6.07 Å². The highest BCUT2D eigenvalue weighted by atomic mass is 35.5. The first-order valence-corrected chi connectivity index (χ1v) is 10.4. The number of anilines is 1. The smallest absolute Gasteiger partial charge is 0.333 e. The summed E-state index contributed by atoms with van der Waals surface area (Å²) >= 11 is 7.26. The Labute approximate surface area is 184 Å². The summed E-state index contributed by atoms with van der Waals surface area (Å²) in [6.45, 7) is 0.335. The van der Waals surface area contributed by atoms with Crippen molar-refractivity contribution < 1.29 is 9.18 Å². The van der Waals surface area contributed by atoms with Gasteiger partial charge in [-0.1, -0.05) is 11.6 Å². The quantitative estimate of drug-likeness (QED) is 0.426. The van der Waals surface area contributed by atoms with E-state index in [2.05, 4.69) is 15.6 Å². The minimum atomic E-state index is -0.669. The van der Waals surface area contributed by atoms with E-state index < -0.39 is 17.1 Å². The molecule has 0 radical (unpaired) electrons. The molecule has 0 bridgehead atoms. The number of benzene rings is 2. The largest absolute Gasteiger partial charge is 0.386 e. The molecule has 2 heterocycles. The molecule has 0 unspecified atom stereocenters. The monoisotopic (exact) mass is 458 g/mol. The van der Waals surface area contributed by atoms with Gasteiger partial charge in [0.15, 0.2) is 0 Å². The predicted octanol–water partition coefficient (Wildman–Crippen LogP) is 3.50. The van der Waals surface area contributed by atoms with E-state index in [1.165, 1.54) is 48.7 Å². The first kappa shape index (κ1) is 20.8. The topological polar surface area (TPSA) is 96.0 Å². The van der Waals surface area contributed by atoms with Gasteiger partial charge in [-0.05, 0) is 48.5 Å². The maximum absolute atomic E-state index is 14.1. The van der Waals surface area contributed by atoms with E-state index in [1.54, 1.807) is 6.07 Å². The van der Waals surface area contributed by atoms with Gasteiger partial charge < -0.3 is 15.6 Å². The summed E-state index contributed by atoms with van der Waals surface area (Å²) < 4.78 is 15.7. The van der Waals surface area contributed by atoms with Crippen LogP contribution in [0.5, 0.6) is 0 Å². The van der Waals surface area contributed by atoms with Crippen LogP contribution in [0.1, 0.15) is 15.2 Å². The van der Waals surface area contributed by atoms with Gasteiger partial charge in [-0.15, -0.1) is 11.3 Å². The number of carbonyl (C=O) groups excluding carboxylic acids is 1. The molecule has 0 fully saturated rings. The van der Waals surface area contributed by atoms with E-state index >= 15 is 0 Å². The van der Waals surface area contributed by atoms with Crippen molar-refractivity contribution in [3.8, 4) is 5.69 Å². The van der Waals surface area contributed by atoms with Gasteiger partial charge in [0.05, 0.1) is 33.2 Å². The second-order valence-electron chi connectivity index (χ2n) is 6.63. The molecule has 7 nitrogen and oxygen atoms in total. The van der Waals surface area contributed by atoms with Crippen LogP contribution in [0.2, 0.25) is 4.34 Å². The van der Waals surface area contributed by atoms with E-state index in [4.69, 9.17) is 11.6 Å². The number of aromatic amines is 1. The molecule has 0 aliphatic heterocycles. The van der Waals surface area contributed by atoms with E-state index in [-0.39, 0.29) is 28.2 Å². The molecule has 3 N–H and O–H groups in total. The second kappa shape index (κ2) is 8.37. The molecular formula is C21H16ClFN4O3S. The average Bonchev–Trinajstić information content (AvgIpc) is 3.18. The van der Waals surface area contributed by atoms with Gasteiger partial charge in [-0.2, -0.15) is 0 Å². The number of H-pyrrole nitrogens is 1. The van der Waals surface area contributed by atoms with Crippen molar-refractivity contribution in [2.45, 2.75) is 6.54 Å². The van der Waals surface area contributed by atoms with Crippen LogP contribution in [0.3, 0.4) is 0 Å². The lowest BCUT2D eigenvalue weighted by Gasteiger charge is -2.09. The number of amides is 1. The molecule has 0 saturated heterocycles. The number of carbonyl (C=O) groups is 1. The Morgan fingerprint density at radius 1 is 1.16 bits per heavy atom. The van der Waals surface area contributed by atoms with E-state index in [0.29, 0.717) is 16.4 Å². The van der Waals surface area contributed by atoms with E-state index in [9.17, 15) is 18.8 Å². The average molecular weight is 459 g/mol. The maximum atomic E-state index is 14.1. The van der Waals surface area contributed by atoms with Gasteiger partial charge in [0.25, 0.3) is 11.5 Å². The van der Waals surface area contributed by atoms with Gasteiger partial charge in [-0.25, -0.2) is 13.8 Å². The lowest BCUT2D eigenvalue weighted by molar-refractivity contribution is 0.0951. The molecule has 4 aromatic rings. The van der Waals surface area contributed by atoms with Gasteiger partial charge in [0, 0.05) is 17.5 Å². The highest BCUT2D eigenvalue weighted by Gasteiger charge is 2.14. The van der Waals surface area contributed by atoms with Crippen LogP contribution in [0.4, 0.5) is 10.1 Å². The third-order valence-corrected chi connectivity index (χ3v) is 5.93. The molecule has 2 aromatic carbocycles. The third kappa shape index (κ3) is 4.10. The summed E-state index contributed by atoms with van der Waals surface area (Å²) in [6, 6.07) is 12.0. The Morgan fingerprint density at radius 2 is 1.90 bits per heavy atom. The summed E-state index contributed by atoms with van der Waals surface area (Å²) in [6.07, 6.45) is 0. The first-order chi connectivity index (χ1) is 14.9. The molecule has 0 atom stereocenters. The van der Waals surface area contributed by atoms with Crippen molar-refractivity contribution in [3.05, 3.63) is 90.0 Å². The van der Waals surface area contributed by atoms with Crippen molar-refractivity contribution in [3.63, 3.8) is 0 Å². The van der Waals surface area contributed by atoms with Crippen molar-refractivity contribution in [2.75, 3.05) is 12.4 Å². The normalized spacial score (nSPS) is 10.9. The zero-order chi connectivity index (χ0) is 22.1. The molecule has 0 aliphatic carbocycles. The lowest BCUT2D eigenvalue weighted by atomic mass is 10.1. The standard InChI is InChI=1S/C21H16ClFN4O3S/c1-24-17-9-16-14(8-15(17)23)20(29)27(21(30)26-16)12-4-2-11(3-5-12)19(28)25-10-13-6-7-18(22)31-13/h2-9,24H,10H2,1H3,(H,25,28)(H,26,30). The Kier molecular flexibility index (Phi) is 5.62. The summed E-state index contributed by atoms with van der Waals surface area (Å²) in [7, 11) is 1.54. The fraction of sp³-hybridized carbons (Fsp3) is 0.0952. The number of hydrogen-bond acceptors (Lipinski definition) is 5. The minimum Gasteiger partial charge on any atom is -0.386 e. The highest BCUT2D eigenvalue weighted by Crippen LogP contribution is 2.21. The Morgan fingerprint density at radius 3 is 2.55 bits per heavy atom. The van der Waals surface area contributed by atoms with Crippen LogP contribution in [-0.2, 0) is 6.54 Å². The number of aromatic nitrogens is 2. The van der Waals surface area contributed by atoms with Crippen molar-refractivity contribution in [1.82, 2.24) is 14.9 Å². The Balaban J connectivity index is 1.63. The highest BCUT2D eigenvalue weighted by molar-refractivity contribution is 7.16. The zero-order valence-corrected chi connectivity index (χ0v) is 17.7. The minimum absolute atomic E-state index is 0.0347. The maximum Gasteiger partial charge on any atom is 0.333 e. The number of thiophene rings is 1. The lowest BCUT2D eigenvalue weighted by Crippen LogP contribution is -2.33. The SMILES string of the molecule is CNc1cc2[nH]c(=O)n(-c3ccc(C(=O)NCc4ccc(Cl)s4)cc3)c(=O)c2cc1F. The third-order valence-electron chi connectivity index (χ3n) is 4.69. The van der Waals surface area contributed by atoms with Crippen molar-refractivity contribution in [2.24, 2.45) is 0 Å². The zero-order valence-electron chi connectivity index (χ0n) is 16.2. The molecule has 158 valence electrons. The Hall–Kier alpha value is -3.43. The van der Waals surface area contributed by atoms with E-state index in [0.717, 1.165) is 15.5 Å². The number of hydrogen-bond donors (Lipinski definition) is 3. The van der Waals surface area contributed by atoms with Crippen molar-refractivity contribution in [1.29, 1.82) is 0 Å². The van der Waals surface area contributed by atoms with Crippen LogP contribution >= 0.6 is 22.9 Å². The van der Waals surface area contributed by atoms with Gasteiger partial charge in [0.1, 0.15) is 5.82 Å². The number of rotatable bonds is 5. The summed E-state index contributed by atoms with van der Waals surface area (Å²) in [5.74, 6) is -0.915. The summed E-state index contributed by atoms with van der Waals surface area (Å²) in [5, 5.41) is 5.48. The Bertz CT molecular complexity index is 1410. The van der Waals surface area contributed by atoms with Gasteiger partial charge in [0.2, 0.25) is 0 Å². The van der Waals surface area contributed by atoms with Crippen molar-refractivity contribution >= 4 is 45.4 Å². The predicted molar refractivity (Wildman–Crippen MR) is 120 cm³/mol. The summed E-state index contributed by atoms with van der Waals surface area (Å²) in [4.78, 5) is 41.2. The number of nitrogens with one attached hydrogen (secondary N) is 3. The molecular weight excluding hydrogens is 443 g/mol. The molecule has 0 spiro atoms. The van der Waals surface area contributed by atoms with Crippen LogP contribution in [0, 0.1) is 5.82 Å².